The Morgan fingerprint density at radius 3 is 2.38 bits per heavy atom. The third kappa shape index (κ3) is 2.27. The van der Waals surface area contributed by atoms with Crippen LogP contribution in [0.2, 0.25) is 0 Å². The Kier molecular flexibility index (Phi) is 3.42. The van der Waals surface area contributed by atoms with Gasteiger partial charge in [0.15, 0.2) is 0 Å². The van der Waals surface area contributed by atoms with Crippen LogP contribution in [0.5, 0.6) is 0 Å². The Morgan fingerprint density at radius 1 is 1.44 bits per heavy atom. The van der Waals surface area contributed by atoms with Gasteiger partial charge in [0.2, 0.25) is 0 Å². The zero-order valence-corrected chi connectivity index (χ0v) is 9.76. The quantitative estimate of drug-likeness (QED) is 0.797. The van der Waals surface area contributed by atoms with Crippen LogP contribution in [-0.2, 0) is 6.18 Å². The molecule has 0 saturated carbocycles. The number of nitrogens with two attached hydrogens (primary N) is 1. The molecule has 1 rings (SSSR count). The number of rotatable bonds is 1. The first-order chi connectivity index (χ1) is 7.29. The molecule has 0 aliphatic carbocycles. The molecule has 0 fully saturated rings. The molecule has 0 bridgehead atoms. The van der Waals surface area contributed by atoms with Crippen LogP contribution in [0.1, 0.15) is 21.5 Å². The van der Waals surface area contributed by atoms with Gasteiger partial charge in [-0.2, -0.15) is 18.4 Å². The maximum Gasteiger partial charge on any atom is 0.417 e. The van der Waals surface area contributed by atoms with Gasteiger partial charge in [0, 0.05) is 3.57 Å². The average Bonchev–Trinajstić information content (AvgIpc) is 2.14. The Labute approximate surface area is 102 Å². The van der Waals surface area contributed by atoms with E-state index in [0.717, 1.165) is 12.1 Å². The molecule has 1 aromatic rings. The second-order valence-electron chi connectivity index (χ2n) is 2.82. The van der Waals surface area contributed by atoms with E-state index < -0.39 is 23.2 Å². The second kappa shape index (κ2) is 4.29. The van der Waals surface area contributed by atoms with Gasteiger partial charge in [-0.3, -0.25) is 4.79 Å². The van der Waals surface area contributed by atoms with Crippen molar-refractivity contribution in [2.45, 2.75) is 6.18 Å². The molecule has 0 saturated heterocycles. The molecule has 0 aliphatic heterocycles. The number of amides is 1. The highest BCUT2D eigenvalue weighted by Crippen LogP contribution is 2.34. The number of nitriles is 1. The van der Waals surface area contributed by atoms with Gasteiger partial charge in [0.1, 0.15) is 6.07 Å². The number of nitrogens with zero attached hydrogens (tertiary/aromatic N) is 1. The summed E-state index contributed by atoms with van der Waals surface area (Å²) in [6, 6.07) is 3.41. The smallest absolute Gasteiger partial charge is 0.366 e. The van der Waals surface area contributed by atoms with E-state index in [1.54, 1.807) is 28.7 Å². The van der Waals surface area contributed by atoms with Crippen molar-refractivity contribution in [3.05, 3.63) is 32.4 Å². The second-order valence-corrected chi connectivity index (χ2v) is 3.98. The molecule has 84 valence electrons. The fraction of sp³-hybridized carbons (Fsp3) is 0.111. The zero-order chi connectivity index (χ0) is 12.5. The molecule has 1 amide bonds. The van der Waals surface area contributed by atoms with Crippen LogP contribution in [0.25, 0.3) is 0 Å². The van der Waals surface area contributed by atoms with Gasteiger partial charge in [-0.25, -0.2) is 0 Å². The van der Waals surface area contributed by atoms with Gasteiger partial charge in [-0.05, 0) is 34.7 Å². The average molecular weight is 340 g/mol. The van der Waals surface area contributed by atoms with E-state index in [1.807, 2.05) is 0 Å². The molecule has 3 nitrogen and oxygen atoms in total. The standard InChI is InChI=1S/C9H4F3IN2O/c10-9(11,12)5-1-2-6(13)4(3-14)7(5)8(15)16/h1-2H,(H2,15,16). The van der Waals surface area contributed by atoms with Crippen molar-refractivity contribution in [2.75, 3.05) is 0 Å². The van der Waals surface area contributed by atoms with E-state index >= 15 is 0 Å². The first kappa shape index (κ1) is 12.8. The molecule has 0 atom stereocenters. The monoisotopic (exact) mass is 340 g/mol. The van der Waals surface area contributed by atoms with Crippen LogP contribution in [0.4, 0.5) is 13.2 Å². The lowest BCUT2D eigenvalue weighted by molar-refractivity contribution is -0.137. The fourth-order valence-corrected chi connectivity index (χ4v) is 1.75. The normalized spacial score (nSPS) is 10.9. The van der Waals surface area contributed by atoms with E-state index in [2.05, 4.69) is 0 Å². The van der Waals surface area contributed by atoms with Gasteiger partial charge in [0.25, 0.3) is 5.91 Å². The van der Waals surface area contributed by atoms with Crippen molar-refractivity contribution < 1.29 is 18.0 Å². The van der Waals surface area contributed by atoms with Gasteiger partial charge >= 0.3 is 6.18 Å². The molecule has 0 aliphatic rings. The summed E-state index contributed by atoms with van der Waals surface area (Å²) in [4.78, 5) is 11.0. The number of primary amides is 1. The lowest BCUT2D eigenvalue weighted by Gasteiger charge is -2.12. The topological polar surface area (TPSA) is 66.9 Å². The molecule has 0 radical (unpaired) electrons. The molecular formula is C9H4F3IN2O. The van der Waals surface area contributed by atoms with Gasteiger partial charge < -0.3 is 5.73 Å². The molecule has 2 N–H and O–H groups in total. The summed E-state index contributed by atoms with van der Waals surface area (Å²) in [5.74, 6) is -1.26. The number of carbonyl (C=O) groups excluding carboxylic acids is 1. The van der Waals surface area contributed by atoms with E-state index in [0.29, 0.717) is 0 Å². The highest BCUT2D eigenvalue weighted by atomic mass is 127. The van der Waals surface area contributed by atoms with Crippen LogP contribution in [0.15, 0.2) is 12.1 Å². The van der Waals surface area contributed by atoms with Crippen molar-refractivity contribution in [1.29, 1.82) is 5.26 Å². The van der Waals surface area contributed by atoms with Crippen molar-refractivity contribution in [1.82, 2.24) is 0 Å². The van der Waals surface area contributed by atoms with Gasteiger partial charge in [-0.15, -0.1) is 0 Å². The highest BCUT2D eigenvalue weighted by Gasteiger charge is 2.36. The lowest BCUT2D eigenvalue weighted by atomic mass is 10.0. The van der Waals surface area contributed by atoms with Crippen LogP contribution >= 0.6 is 22.6 Å². The fourth-order valence-electron chi connectivity index (χ4n) is 1.18. The Hall–Kier alpha value is -1.30. The number of alkyl halides is 3. The molecule has 0 aromatic heterocycles. The summed E-state index contributed by atoms with van der Waals surface area (Å²) in [5.41, 5.74) is 2.56. The third-order valence-electron chi connectivity index (χ3n) is 1.82. The van der Waals surface area contributed by atoms with Crippen molar-refractivity contribution >= 4 is 28.5 Å². The van der Waals surface area contributed by atoms with Crippen LogP contribution < -0.4 is 5.73 Å². The molecule has 0 spiro atoms. The maximum atomic E-state index is 12.5. The number of carbonyl (C=O) groups is 1. The van der Waals surface area contributed by atoms with Crippen LogP contribution in [-0.4, -0.2) is 5.91 Å². The Balaban J connectivity index is 3.67. The first-order valence-electron chi connectivity index (χ1n) is 3.88. The summed E-state index contributed by atoms with van der Waals surface area (Å²) in [6.45, 7) is 0. The number of hydrogen-bond acceptors (Lipinski definition) is 2. The first-order valence-corrected chi connectivity index (χ1v) is 4.96. The van der Waals surface area contributed by atoms with Crippen molar-refractivity contribution in [3.8, 4) is 6.07 Å². The maximum absolute atomic E-state index is 12.5. The van der Waals surface area contributed by atoms with Crippen LogP contribution in [0.3, 0.4) is 0 Å². The minimum absolute atomic E-state index is 0.252. The zero-order valence-electron chi connectivity index (χ0n) is 7.60. The Morgan fingerprint density at radius 2 is 2.00 bits per heavy atom. The predicted octanol–water partition coefficient (Wildman–Crippen LogP) is 2.28. The summed E-state index contributed by atoms with van der Waals surface area (Å²) < 4.78 is 37.9. The summed E-state index contributed by atoms with van der Waals surface area (Å²) in [6.07, 6.45) is -4.71. The number of halogens is 4. The van der Waals surface area contributed by atoms with E-state index in [4.69, 9.17) is 11.0 Å². The SMILES string of the molecule is N#Cc1c(I)ccc(C(F)(F)F)c1C(N)=O. The molecule has 0 heterocycles. The summed E-state index contributed by atoms with van der Waals surface area (Å²) in [5, 5.41) is 8.71. The Bertz CT molecular complexity index is 491. The summed E-state index contributed by atoms with van der Waals surface area (Å²) in [7, 11) is 0. The molecular weight excluding hydrogens is 336 g/mol. The van der Waals surface area contributed by atoms with Crippen molar-refractivity contribution in [2.24, 2.45) is 5.73 Å². The van der Waals surface area contributed by atoms with Gasteiger partial charge in [-0.1, -0.05) is 0 Å². The summed E-state index contributed by atoms with van der Waals surface area (Å²) >= 11 is 1.67. The van der Waals surface area contributed by atoms with Gasteiger partial charge in [0.05, 0.1) is 16.7 Å². The third-order valence-corrected chi connectivity index (χ3v) is 2.72. The molecule has 16 heavy (non-hydrogen) atoms. The number of benzene rings is 1. The highest BCUT2D eigenvalue weighted by molar-refractivity contribution is 14.1. The lowest BCUT2D eigenvalue weighted by Crippen LogP contribution is -2.21. The minimum atomic E-state index is -4.71. The number of hydrogen-bond donors (Lipinski definition) is 1. The predicted molar refractivity (Wildman–Crippen MR) is 57.4 cm³/mol. The minimum Gasteiger partial charge on any atom is -0.366 e. The largest absolute Gasteiger partial charge is 0.417 e. The van der Waals surface area contributed by atoms with E-state index in [9.17, 15) is 18.0 Å². The van der Waals surface area contributed by atoms with E-state index in [-0.39, 0.29) is 9.13 Å². The van der Waals surface area contributed by atoms with Crippen molar-refractivity contribution in [3.63, 3.8) is 0 Å². The molecule has 1 aromatic carbocycles. The molecule has 0 unspecified atom stereocenters. The van der Waals surface area contributed by atoms with E-state index in [1.165, 1.54) is 0 Å². The van der Waals surface area contributed by atoms with Crippen LogP contribution in [0, 0.1) is 14.9 Å². The molecule has 7 heteroatoms.